The Morgan fingerprint density at radius 1 is 1.27 bits per heavy atom. The first-order valence-corrected chi connectivity index (χ1v) is 14.8. The van der Waals surface area contributed by atoms with E-state index in [0.717, 1.165) is 17.8 Å². The van der Waals surface area contributed by atoms with Gasteiger partial charge in [-0.25, -0.2) is 13.8 Å². The van der Waals surface area contributed by atoms with E-state index >= 15 is 8.78 Å². The third kappa shape index (κ3) is 7.02. The summed E-state index contributed by atoms with van der Waals surface area (Å²) in [6.45, 7) is 4.35. The van der Waals surface area contributed by atoms with Crippen LogP contribution in [0.5, 0.6) is 0 Å². The van der Waals surface area contributed by atoms with Crippen molar-refractivity contribution < 1.29 is 18.3 Å². The Kier molecular flexibility index (Phi) is 9.83. The predicted octanol–water partition coefficient (Wildman–Crippen LogP) is 4.56. The lowest BCUT2D eigenvalue weighted by molar-refractivity contribution is -0.00331. The second-order valence-electron chi connectivity index (χ2n) is 11.4. The summed E-state index contributed by atoms with van der Waals surface area (Å²) < 4.78 is 41.4. The maximum absolute atomic E-state index is 15.1. The van der Waals surface area contributed by atoms with Gasteiger partial charge < -0.3 is 35.8 Å². The van der Waals surface area contributed by atoms with Crippen LogP contribution >= 0.6 is 0 Å². The molecule has 2 saturated heterocycles. The lowest BCUT2D eigenvalue weighted by Gasteiger charge is -2.42. The number of pyridine rings is 1. The van der Waals surface area contributed by atoms with E-state index in [4.69, 9.17) is 25.9 Å². The fourth-order valence-electron chi connectivity index (χ4n) is 5.95. The molecule has 0 amide bonds. The van der Waals surface area contributed by atoms with Crippen LogP contribution < -0.4 is 16.0 Å². The van der Waals surface area contributed by atoms with Gasteiger partial charge >= 0.3 is 0 Å². The van der Waals surface area contributed by atoms with Gasteiger partial charge in [0.25, 0.3) is 0 Å². The van der Waals surface area contributed by atoms with Crippen molar-refractivity contribution in [2.45, 2.75) is 43.7 Å². The average molecular weight is 616 g/mol. The normalized spacial score (nSPS) is 21.3. The summed E-state index contributed by atoms with van der Waals surface area (Å²) in [5.74, 6) is -1.26. The second-order valence-corrected chi connectivity index (χ2v) is 11.4. The average Bonchev–Trinajstić information content (AvgIpc) is 3.48. The van der Waals surface area contributed by atoms with E-state index in [1.165, 1.54) is 18.3 Å². The molecule has 234 valence electrons. The number of anilines is 3. The number of H-pyrrole nitrogens is 1. The molecule has 2 aliphatic heterocycles. The Hall–Kier alpha value is -4.69. The van der Waals surface area contributed by atoms with Crippen LogP contribution in [0.2, 0.25) is 0 Å². The Morgan fingerprint density at radius 2 is 2.02 bits per heavy atom. The topological polar surface area (TPSA) is 173 Å². The number of aromatic amines is 1. The number of nitriles is 2. The summed E-state index contributed by atoms with van der Waals surface area (Å²) in [6.07, 6.45) is 8.57. The molecule has 3 unspecified atom stereocenters. The van der Waals surface area contributed by atoms with E-state index in [0.29, 0.717) is 69.5 Å². The van der Waals surface area contributed by atoms with Crippen molar-refractivity contribution >= 4 is 29.1 Å². The molecule has 2 aromatic heterocycles. The first-order valence-electron chi connectivity index (χ1n) is 14.8. The Bertz CT molecular complexity index is 1600. The van der Waals surface area contributed by atoms with Gasteiger partial charge in [0, 0.05) is 44.5 Å². The highest BCUT2D eigenvalue weighted by molar-refractivity contribution is 6.09. The number of piperidine rings is 1. The fraction of sp³-hybridized carbons (Fsp3) is 0.406. The third-order valence-corrected chi connectivity index (χ3v) is 8.29. The quantitative estimate of drug-likeness (QED) is 0.188. The minimum absolute atomic E-state index is 0.129. The van der Waals surface area contributed by atoms with E-state index in [9.17, 15) is 5.26 Å². The summed E-state index contributed by atoms with van der Waals surface area (Å²) in [6, 6.07) is 8.24. The number of rotatable bonds is 10. The van der Waals surface area contributed by atoms with Crippen LogP contribution in [0.3, 0.4) is 0 Å². The molecule has 3 atom stereocenters. The van der Waals surface area contributed by atoms with Gasteiger partial charge in [0.1, 0.15) is 11.6 Å². The minimum Gasteiger partial charge on any atom is -0.381 e. The second kappa shape index (κ2) is 13.9. The molecular formula is C32H35F2N9O2. The van der Waals surface area contributed by atoms with Gasteiger partial charge in [0.05, 0.1) is 77.4 Å². The molecule has 2 aliphatic rings. The monoisotopic (exact) mass is 615 g/mol. The molecule has 1 aromatic carbocycles. The number of nitrogens with zero attached hydrogens (tertiary/aromatic N) is 5. The molecule has 45 heavy (non-hydrogen) atoms. The van der Waals surface area contributed by atoms with Gasteiger partial charge in [-0.1, -0.05) is 6.92 Å². The van der Waals surface area contributed by atoms with Gasteiger partial charge in [-0.05, 0) is 48.8 Å². The number of aromatic nitrogens is 3. The van der Waals surface area contributed by atoms with E-state index in [1.54, 1.807) is 12.4 Å². The van der Waals surface area contributed by atoms with Gasteiger partial charge in [0.15, 0.2) is 0 Å². The molecule has 3 aromatic rings. The highest BCUT2D eigenvalue weighted by Crippen LogP contribution is 2.36. The molecule has 0 saturated carbocycles. The van der Waals surface area contributed by atoms with Crippen molar-refractivity contribution in [3.8, 4) is 12.1 Å². The van der Waals surface area contributed by atoms with Crippen LogP contribution in [-0.2, 0) is 14.9 Å². The first kappa shape index (κ1) is 31.7. The van der Waals surface area contributed by atoms with E-state index in [2.05, 4.69) is 44.2 Å². The maximum Gasteiger partial charge on any atom is 0.205 e. The number of ether oxygens (including phenoxy) is 2. The van der Waals surface area contributed by atoms with Crippen LogP contribution in [0.25, 0.3) is 6.08 Å². The minimum atomic E-state index is -1.02. The summed E-state index contributed by atoms with van der Waals surface area (Å²) in [5, 5.41) is 30.2. The zero-order chi connectivity index (χ0) is 32.0. The maximum atomic E-state index is 15.1. The van der Waals surface area contributed by atoms with Gasteiger partial charge in [-0.15, -0.1) is 0 Å². The number of hydrogen-bond donors (Lipinski definition) is 4. The highest BCUT2D eigenvalue weighted by Gasteiger charge is 2.36. The zero-order valence-corrected chi connectivity index (χ0v) is 24.9. The smallest absolute Gasteiger partial charge is 0.205 e. The number of halogens is 2. The van der Waals surface area contributed by atoms with Crippen molar-refractivity contribution in [3.63, 3.8) is 0 Å². The molecule has 13 heteroatoms. The van der Waals surface area contributed by atoms with Gasteiger partial charge in [0.2, 0.25) is 5.95 Å². The summed E-state index contributed by atoms with van der Waals surface area (Å²) >= 11 is 0. The molecule has 0 radical (unpaired) electrons. The lowest BCUT2D eigenvalue weighted by Crippen LogP contribution is -2.56. The van der Waals surface area contributed by atoms with Crippen molar-refractivity contribution in [3.05, 3.63) is 71.3 Å². The van der Waals surface area contributed by atoms with E-state index in [-0.39, 0.29) is 29.3 Å². The van der Waals surface area contributed by atoms with Crippen molar-refractivity contribution in [2.75, 3.05) is 43.1 Å². The molecular weight excluding hydrogens is 580 g/mol. The number of hydrogen-bond acceptors (Lipinski definition) is 10. The molecule has 0 aliphatic carbocycles. The fourth-order valence-corrected chi connectivity index (χ4v) is 5.95. The predicted molar refractivity (Wildman–Crippen MR) is 165 cm³/mol. The van der Waals surface area contributed by atoms with E-state index < -0.39 is 22.6 Å². The molecule has 2 fully saturated rings. The number of nitrogens with one attached hydrogen (secondary N) is 3. The number of imidazole rings is 1. The van der Waals surface area contributed by atoms with Crippen LogP contribution in [0.4, 0.5) is 26.1 Å². The van der Waals surface area contributed by atoms with Crippen LogP contribution in [0, 0.1) is 45.6 Å². The lowest BCUT2D eigenvalue weighted by atomic mass is 9.75. The van der Waals surface area contributed by atoms with Crippen LogP contribution in [0.1, 0.15) is 43.0 Å². The Morgan fingerprint density at radius 3 is 2.71 bits per heavy atom. The number of allylic oxidation sites excluding steroid dienone is 1. The largest absolute Gasteiger partial charge is 0.381 e. The number of nitrogens with two attached hydrogens (primary N) is 1. The van der Waals surface area contributed by atoms with Gasteiger partial charge in [-0.2, -0.15) is 10.5 Å². The molecule has 5 N–H and O–H groups in total. The molecule has 0 spiro atoms. The van der Waals surface area contributed by atoms with Crippen molar-refractivity contribution in [1.82, 2.24) is 15.0 Å². The standard InChI is InChI=1S/C32H35F2N9O2/c1-20-17-43(18-26(38)30(20)45-10-2-8-35)28-5-9-39-16-27(28)42-31-40-15-22(41-31)3-4-25(37)29-23(33)13-21(14-24(29)34)32(19-36)6-11-44-12-7-32/h3-5,9,13-16,20,26,30,37H,2,6-7,10-12,17-18,38H2,1H3,(H2,40,41,42)/b4-3-,37-25?. The number of benzene rings is 1. The van der Waals surface area contributed by atoms with Crippen molar-refractivity contribution in [1.29, 1.82) is 15.9 Å². The first-order chi connectivity index (χ1) is 21.7. The molecule has 0 bridgehead atoms. The van der Waals surface area contributed by atoms with E-state index in [1.807, 2.05) is 6.07 Å². The summed E-state index contributed by atoms with van der Waals surface area (Å²) in [7, 11) is 0. The zero-order valence-electron chi connectivity index (χ0n) is 24.9. The highest BCUT2D eigenvalue weighted by atomic mass is 19.1. The summed E-state index contributed by atoms with van der Waals surface area (Å²) in [5.41, 5.74) is 6.95. The van der Waals surface area contributed by atoms with Gasteiger partial charge in [-0.3, -0.25) is 4.98 Å². The Labute approximate surface area is 260 Å². The van der Waals surface area contributed by atoms with Crippen molar-refractivity contribution in [2.24, 2.45) is 11.7 Å². The third-order valence-electron chi connectivity index (χ3n) is 8.29. The molecule has 5 rings (SSSR count). The van der Waals surface area contributed by atoms with Crippen LogP contribution in [0.15, 0.2) is 42.9 Å². The SMILES string of the molecule is CC1CN(c2ccncc2Nc2ncc(/C=C\C(=N)c3c(F)cc(C4(C#N)CCOCC4)cc3F)[nH]2)CC(N)C1OCCC#N. The van der Waals surface area contributed by atoms with Crippen LogP contribution in [-0.4, -0.2) is 65.7 Å². The Balaban J connectivity index is 1.26. The molecule has 11 nitrogen and oxygen atoms in total. The summed E-state index contributed by atoms with van der Waals surface area (Å²) in [4.78, 5) is 13.8. The molecule has 4 heterocycles.